The van der Waals surface area contributed by atoms with E-state index in [9.17, 15) is 4.79 Å². The van der Waals surface area contributed by atoms with Gasteiger partial charge in [-0.3, -0.25) is 4.79 Å². The first-order valence-electron chi connectivity index (χ1n) is 4.31. The average molecular weight is 232 g/mol. The Morgan fingerprint density at radius 1 is 1.53 bits per heavy atom. The van der Waals surface area contributed by atoms with Crippen LogP contribution in [-0.2, 0) is 5.75 Å². The van der Waals surface area contributed by atoms with Gasteiger partial charge in [-0.15, -0.1) is 0 Å². The fourth-order valence-corrected chi connectivity index (χ4v) is 1.72. The van der Waals surface area contributed by atoms with Crippen molar-refractivity contribution in [1.29, 1.82) is 0 Å². The molecule has 0 radical (unpaired) electrons. The molecule has 0 saturated carbocycles. The Balaban J connectivity index is 2.45. The summed E-state index contributed by atoms with van der Waals surface area (Å²) in [4.78, 5) is 11.0. The molecular formula is C9H12O5S. The molecule has 1 aromatic rings. The van der Waals surface area contributed by atoms with Gasteiger partial charge in [0.1, 0.15) is 12.0 Å². The Kier molecular flexibility index (Phi) is 4.67. The van der Waals surface area contributed by atoms with Gasteiger partial charge in [0.05, 0.1) is 18.5 Å². The molecule has 3 N–H and O–H groups in total. The molecule has 5 nitrogen and oxygen atoms in total. The molecule has 0 fully saturated rings. The van der Waals surface area contributed by atoms with E-state index in [1.54, 1.807) is 0 Å². The van der Waals surface area contributed by atoms with Crippen LogP contribution in [0.25, 0.3) is 0 Å². The van der Waals surface area contributed by atoms with Crippen LogP contribution in [-0.4, -0.2) is 33.8 Å². The predicted octanol–water partition coefficient (Wildman–Crippen LogP) is -0.0682. The second-order valence-corrected chi connectivity index (χ2v) is 3.98. The van der Waals surface area contributed by atoms with Crippen molar-refractivity contribution < 1.29 is 19.7 Å². The summed E-state index contributed by atoms with van der Waals surface area (Å²) < 4.78 is 4.94. The Hall–Kier alpha value is -0.980. The molecule has 84 valence electrons. The monoisotopic (exact) mass is 232 g/mol. The molecule has 0 saturated heterocycles. The number of aliphatic hydroxyl groups excluding tert-OH is 2. The maximum Gasteiger partial charge on any atom is 0.226 e. The second kappa shape index (κ2) is 5.79. The summed E-state index contributed by atoms with van der Waals surface area (Å²) in [5.74, 6) is 0.778. The topological polar surface area (TPSA) is 90.9 Å². The summed E-state index contributed by atoms with van der Waals surface area (Å²) in [6, 6.07) is 1.20. The molecule has 1 unspecified atom stereocenters. The van der Waals surface area contributed by atoms with Gasteiger partial charge in [0.25, 0.3) is 0 Å². The van der Waals surface area contributed by atoms with Crippen molar-refractivity contribution in [3.05, 3.63) is 28.3 Å². The first-order valence-corrected chi connectivity index (χ1v) is 5.46. The van der Waals surface area contributed by atoms with E-state index in [-0.39, 0.29) is 6.61 Å². The molecule has 15 heavy (non-hydrogen) atoms. The zero-order valence-corrected chi connectivity index (χ0v) is 8.74. The second-order valence-electron chi connectivity index (χ2n) is 2.95. The standard InChI is InChI=1S/C9H12O5S/c10-2-6(11)4-15-5-7-1-8(12)9(13)3-14-7/h1,3,6,10-11,13H,2,4-5H2. The highest BCUT2D eigenvalue weighted by molar-refractivity contribution is 7.98. The Labute approximate surface area is 90.4 Å². The number of aromatic hydroxyl groups is 1. The van der Waals surface area contributed by atoms with E-state index in [1.165, 1.54) is 17.8 Å². The smallest absolute Gasteiger partial charge is 0.226 e. The molecule has 0 amide bonds. The highest BCUT2D eigenvalue weighted by Gasteiger charge is 2.05. The number of aliphatic hydroxyl groups is 2. The zero-order valence-electron chi connectivity index (χ0n) is 7.92. The van der Waals surface area contributed by atoms with Crippen molar-refractivity contribution in [2.45, 2.75) is 11.9 Å². The fraction of sp³-hybridized carbons (Fsp3) is 0.444. The van der Waals surface area contributed by atoms with Crippen molar-refractivity contribution in [1.82, 2.24) is 0 Å². The van der Waals surface area contributed by atoms with Crippen molar-refractivity contribution in [3.8, 4) is 5.75 Å². The maximum absolute atomic E-state index is 11.0. The average Bonchev–Trinajstić information content (AvgIpc) is 2.23. The molecule has 1 heterocycles. The highest BCUT2D eigenvalue weighted by atomic mass is 32.2. The Bertz CT molecular complexity index is 362. The summed E-state index contributed by atoms with van der Waals surface area (Å²) in [7, 11) is 0. The van der Waals surface area contributed by atoms with Crippen molar-refractivity contribution >= 4 is 11.8 Å². The minimum absolute atomic E-state index is 0.285. The molecule has 0 bridgehead atoms. The number of rotatable bonds is 5. The molecule has 0 aliphatic heterocycles. The van der Waals surface area contributed by atoms with Gasteiger partial charge >= 0.3 is 0 Å². The number of hydrogen-bond acceptors (Lipinski definition) is 6. The summed E-state index contributed by atoms with van der Waals surface area (Å²) in [5, 5.41) is 26.5. The van der Waals surface area contributed by atoms with Gasteiger partial charge in [-0.25, -0.2) is 0 Å². The molecule has 0 spiro atoms. The zero-order chi connectivity index (χ0) is 11.3. The molecule has 1 atom stereocenters. The summed E-state index contributed by atoms with van der Waals surface area (Å²) in [6.07, 6.45) is 0.222. The SMILES string of the molecule is O=c1cc(CSCC(O)CO)occ1O. The van der Waals surface area contributed by atoms with Crippen molar-refractivity contribution in [2.75, 3.05) is 12.4 Å². The normalized spacial score (nSPS) is 12.7. The number of thioether (sulfide) groups is 1. The van der Waals surface area contributed by atoms with Gasteiger partial charge in [0.15, 0.2) is 5.75 Å². The number of hydrogen-bond donors (Lipinski definition) is 3. The van der Waals surface area contributed by atoms with Gasteiger partial charge in [0.2, 0.25) is 5.43 Å². The van der Waals surface area contributed by atoms with E-state index in [0.717, 1.165) is 6.26 Å². The van der Waals surface area contributed by atoms with Gasteiger partial charge in [-0.2, -0.15) is 11.8 Å². The van der Waals surface area contributed by atoms with Crippen LogP contribution in [0.4, 0.5) is 0 Å². The lowest BCUT2D eigenvalue weighted by atomic mass is 10.4. The molecule has 0 aliphatic rings. The lowest BCUT2D eigenvalue weighted by Crippen LogP contribution is -2.14. The van der Waals surface area contributed by atoms with Crippen molar-refractivity contribution in [3.63, 3.8) is 0 Å². The quantitative estimate of drug-likeness (QED) is 0.658. The van der Waals surface area contributed by atoms with E-state index in [2.05, 4.69) is 0 Å². The third-order valence-corrected chi connectivity index (χ3v) is 2.74. The predicted molar refractivity (Wildman–Crippen MR) is 55.9 cm³/mol. The summed E-state index contributed by atoms with van der Waals surface area (Å²) in [6.45, 7) is -0.285. The van der Waals surface area contributed by atoms with Crippen molar-refractivity contribution in [2.24, 2.45) is 0 Å². The van der Waals surface area contributed by atoms with Crippen LogP contribution in [0.2, 0.25) is 0 Å². The summed E-state index contributed by atoms with van der Waals surface area (Å²) in [5.41, 5.74) is -0.487. The molecule has 0 aromatic carbocycles. The van der Waals surface area contributed by atoms with Crippen LogP contribution in [0.15, 0.2) is 21.5 Å². The van der Waals surface area contributed by atoms with Crippen LogP contribution in [0.5, 0.6) is 5.75 Å². The van der Waals surface area contributed by atoms with Gasteiger partial charge < -0.3 is 19.7 Å². The van der Waals surface area contributed by atoms with Crippen LogP contribution in [0, 0.1) is 0 Å². The van der Waals surface area contributed by atoms with Crippen LogP contribution in [0.3, 0.4) is 0 Å². The highest BCUT2D eigenvalue weighted by Crippen LogP contribution is 2.13. The van der Waals surface area contributed by atoms with E-state index in [0.29, 0.717) is 17.3 Å². The fourth-order valence-electron chi connectivity index (χ4n) is 0.868. The third kappa shape index (κ3) is 3.94. The first-order chi connectivity index (χ1) is 7.13. The minimum Gasteiger partial charge on any atom is -0.502 e. The molecular weight excluding hydrogens is 220 g/mol. The molecule has 1 aromatic heterocycles. The minimum atomic E-state index is -0.765. The molecule has 6 heteroatoms. The van der Waals surface area contributed by atoms with E-state index in [1.807, 2.05) is 0 Å². The van der Waals surface area contributed by atoms with Crippen LogP contribution in [0.1, 0.15) is 5.76 Å². The third-order valence-electron chi connectivity index (χ3n) is 1.63. The van der Waals surface area contributed by atoms with Crippen LogP contribution < -0.4 is 5.43 Å². The maximum atomic E-state index is 11.0. The van der Waals surface area contributed by atoms with Gasteiger partial charge in [-0.1, -0.05) is 0 Å². The lowest BCUT2D eigenvalue weighted by Gasteiger charge is -2.05. The Morgan fingerprint density at radius 3 is 2.87 bits per heavy atom. The first kappa shape index (κ1) is 12.1. The Morgan fingerprint density at radius 2 is 2.27 bits per heavy atom. The van der Waals surface area contributed by atoms with E-state index >= 15 is 0 Å². The largest absolute Gasteiger partial charge is 0.502 e. The molecule has 1 rings (SSSR count). The molecule has 0 aliphatic carbocycles. The van der Waals surface area contributed by atoms with Gasteiger partial charge in [0, 0.05) is 11.8 Å². The van der Waals surface area contributed by atoms with Crippen LogP contribution >= 0.6 is 11.8 Å². The van der Waals surface area contributed by atoms with E-state index in [4.69, 9.17) is 19.7 Å². The van der Waals surface area contributed by atoms with E-state index < -0.39 is 17.3 Å². The lowest BCUT2D eigenvalue weighted by molar-refractivity contribution is 0.113. The van der Waals surface area contributed by atoms with Gasteiger partial charge in [-0.05, 0) is 0 Å². The summed E-state index contributed by atoms with van der Waals surface area (Å²) >= 11 is 1.33.